The summed E-state index contributed by atoms with van der Waals surface area (Å²) in [5, 5.41) is 9.10. The Morgan fingerprint density at radius 3 is 2.74 bits per heavy atom. The van der Waals surface area contributed by atoms with E-state index in [0.29, 0.717) is 18.7 Å². The van der Waals surface area contributed by atoms with Gasteiger partial charge in [-0.25, -0.2) is 4.79 Å². The van der Waals surface area contributed by atoms with Crippen LogP contribution >= 0.6 is 0 Å². The molecule has 1 aromatic rings. The number of methoxy groups -OCH3 is 1. The lowest BCUT2D eigenvalue weighted by molar-refractivity contribution is -0.132. The third kappa shape index (κ3) is 2.62. The van der Waals surface area contributed by atoms with Gasteiger partial charge in [0.15, 0.2) is 6.10 Å². The van der Waals surface area contributed by atoms with Crippen molar-refractivity contribution >= 4 is 11.9 Å². The maximum Gasteiger partial charge on any atom is 0.339 e. The highest BCUT2D eigenvalue weighted by Crippen LogP contribution is 2.27. The topological polar surface area (TPSA) is 76.1 Å². The first kappa shape index (κ1) is 13.2. The fourth-order valence-electron chi connectivity index (χ4n) is 1.96. The van der Waals surface area contributed by atoms with E-state index >= 15 is 0 Å². The van der Waals surface area contributed by atoms with Crippen LogP contribution in [0.1, 0.15) is 16.8 Å². The fraction of sp³-hybridized carbons (Fsp3) is 0.385. The summed E-state index contributed by atoms with van der Waals surface area (Å²) in [6.07, 6.45) is -0.0822. The number of hydrogen-bond donors (Lipinski definition) is 1. The summed E-state index contributed by atoms with van der Waals surface area (Å²) < 4.78 is 10.6. The Balaban J connectivity index is 2.27. The van der Waals surface area contributed by atoms with Crippen molar-refractivity contribution in [1.82, 2.24) is 4.90 Å². The molecule has 1 aromatic carbocycles. The lowest BCUT2D eigenvalue weighted by Gasteiger charge is -2.15. The van der Waals surface area contributed by atoms with Gasteiger partial charge in [-0.3, -0.25) is 4.79 Å². The lowest BCUT2D eigenvalue weighted by atomic mass is 10.2. The highest BCUT2D eigenvalue weighted by atomic mass is 16.5. The minimum absolute atomic E-state index is 0.0168. The van der Waals surface area contributed by atoms with E-state index < -0.39 is 12.1 Å². The number of amides is 1. The van der Waals surface area contributed by atoms with Crippen molar-refractivity contribution < 1.29 is 24.2 Å². The molecule has 1 saturated heterocycles. The van der Waals surface area contributed by atoms with Crippen molar-refractivity contribution in [2.45, 2.75) is 12.5 Å². The molecular formula is C13H15NO5. The summed E-state index contributed by atoms with van der Waals surface area (Å²) in [6.45, 7) is 0.607. The molecule has 0 radical (unpaired) electrons. The molecule has 1 fully saturated rings. The quantitative estimate of drug-likeness (QED) is 0.879. The largest absolute Gasteiger partial charge is 0.497 e. The Labute approximate surface area is 110 Å². The monoisotopic (exact) mass is 265 g/mol. The van der Waals surface area contributed by atoms with E-state index in [0.717, 1.165) is 0 Å². The van der Waals surface area contributed by atoms with Crippen LogP contribution in [0.4, 0.5) is 0 Å². The molecule has 102 valence electrons. The number of hydrogen-bond acceptors (Lipinski definition) is 4. The van der Waals surface area contributed by atoms with Gasteiger partial charge in [-0.05, 0) is 12.1 Å². The second-order valence-electron chi connectivity index (χ2n) is 4.32. The number of likely N-dealkylation sites (tertiary alicyclic amines) is 1. The molecule has 6 nitrogen and oxygen atoms in total. The summed E-state index contributed by atoms with van der Waals surface area (Å²) in [5.41, 5.74) is 0.0168. The summed E-state index contributed by atoms with van der Waals surface area (Å²) >= 11 is 0. The van der Waals surface area contributed by atoms with E-state index in [1.165, 1.54) is 19.2 Å². The van der Waals surface area contributed by atoms with Crippen LogP contribution in [0.15, 0.2) is 18.2 Å². The molecule has 0 saturated carbocycles. The Morgan fingerprint density at radius 2 is 2.21 bits per heavy atom. The number of carbonyl (C=O) groups excluding carboxylic acids is 1. The molecule has 6 heteroatoms. The van der Waals surface area contributed by atoms with Crippen LogP contribution < -0.4 is 9.47 Å². The number of aromatic carboxylic acids is 1. The van der Waals surface area contributed by atoms with Gasteiger partial charge < -0.3 is 19.5 Å². The van der Waals surface area contributed by atoms with Gasteiger partial charge in [0.2, 0.25) is 0 Å². The van der Waals surface area contributed by atoms with Crippen LogP contribution in [0.5, 0.6) is 11.5 Å². The van der Waals surface area contributed by atoms with Crippen LogP contribution in [-0.4, -0.2) is 48.7 Å². The second-order valence-corrected chi connectivity index (χ2v) is 4.32. The standard InChI is InChI=1S/C13H15NO5/c1-14-6-5-10(12(14)15)19-11-7-8(18-2)3-4-9(11)13(16)17/h3-4,7,10H,5-6H2,1-2H3,(H,16,17). The van der Waals surface area contributed by atoms with Crippen LogP contribution in [-0.2, 0) is 4.79 Å². The van der Waals surface area contributed by atoms with Gasteiger partial charge in [-0.1, -0.05) is 0 Å². The molecule has 1 heterocycles. The zero-order valence-electron chi connectivity index (χ0n) is 10.8. The molecule has 1 unspecified atom stereocenters. The normalized spacial score (nSPS) is 18.5. The van der Waals surface area contributed by atoms with Crippen LogP contribution in [0.25, 0.3) is 0 Å². The zero-order valence-corrected chi connectivity index (χ0v) is 10.8. The van der Waals surface area contributed by atoms with E-state index in [4.69, 9.17) is 14.6 Å². The maximum absolute atomic E-state index is 11.8. The number of carboxylic acid groups (broad SMARTS) is 1. The molecule has 19 heavy (non-hydrogen) atoms. The van der Waals surface area contributed by atoms with Gasteiger partial charge in [0.1, 0.15) is 17.1 Å². The molecule has 0 aromatic heterocycles. The number of ether oxygens (including phenoxy) is 2. The molecular weight excluding hydrogens is 250 g/mol. The number of carbonyl (C=O) groups is 2. The average Bonchev–Trinajstić information content (AvgIpc) is 2.70. The Hall–Kier alpha value is -2.24. The first-order valence-electron chi connectivity index (χ1n) is 5.86. The fourth-order valence-corrected chi connectivity index (χ4v) is 1.96. The van der Waals surface area contributed by atoms with Gasteiger partial charge in [-0.15, -0.1) is 0 Å². The molecule has 1 atom stereocenters. The first-order valence-corrected chi connectivity index (χ1v) is 5.86. The van der Waals surface area contributed by atoms with Crippen molar-refractivity contribution in [3.05, 3.63) is 23.8 Å². The van der Waals surface area contributed by atoms with Gasteiger partial charge >= 0.3 is 5.97 Å². The van der Waals surface area contributed by atoms with E-state index in [9.17, 15) is 9.59 Å². The molecule has 0 bridgehead atoms. The summed E-state index contributed by atoms with van der Waals surface area (Å²) in [6, 6.07) is 4.42. The lowest BCUT2D eigenvalue weighted by Crippen LogP contribution is -2.29. The SMILES string of the molecule is COc1ccc(C(=O)O)c(OC2CCN(C)C2=O)c1. The third-order valence-electron chi connectivity index (χ3n) is 3.07. The molecule has 0 aliphatic carbocycles. The zero-order chi connectivity index (χ0) is 14.0. The average molecular weight is 265 g/mol. The summed E-state index contributed by atoms with van der Waals surface area (Å²) in [4.78, 5) is 24.5. The Bertz CT molecular complexity index is 514. The Morgan fingerprint density at radius 1 is 1.47 bits per heavy atom. The van der Waals surface area contributed by atoms with Gasteiger partial charge in [-0.2, -0.15) is 0 Å². The van der Waals surface area contributed by atoms with Crippen LogP contribution in [0, 0.1) is 0 Å². The van der Waals surface area contributed by atoms with Crippen molar-refractivity contribution in [2.24, 2.45) is 0 Å². The molecule has 1 aliphatic rings. The minimum atomic E-state index is -1.10. The highest BCUT2D eigenvalue weighted by molar-refractivity contribution is 5.91. The Kier molecular flexibility index (Phi) is 3.59. The van der Waals surface area contributed by atoms with Crippen molar-refractivity contribution in [3.8, 4) is 11.5 Å². The van der Waals surface area contributed by atoms with Gasteiger partial charge in [0.05, 0.1) is 7.11 Å². The van der Waals surface area contributed by atoms with Crippen molar-refractivity contribution in [2.75, 3.05) is 20.7 Å². The van der Waals surface area contributed by atoms with Crippen molar-refractivity contribution in [3.63, 3.8) is 0 Å². The van der Waals surface area contributed by atoms with Gasteiger partial charge in [0.25, 0.3) is 5.91 Å². The smallest absolute Gasteiger partial charge is 0.339 e. The number of carboxylic acids is 1. The van der Waals surface area contributed by atoms with E-state index in [1.807, 2.05) is 0 Å². The molecule has 1 aliphatic heterocycles. The number of nitrogens with zero attached hydrogens (tertiary/aromatic N) is 1. The maximum atomic E-state index is 11.8. The van der Waals surface area contributed by atoms with Gasteiger partial charge in [0, 0.05) is 26.1 Å². The number of rotatable bonds is 4. The predicted octanol–water partition coefficient (Wildman–Crippen LogP) is 1.00. The first-order chi connectivity index (χ1) is 9.02. The van der Waals surface area contributed by atoms with E-state index in [1.54, 1.807) is 18.0 Å². The van der Waals surface area contributed by atoms with Crippen molar-refractivity contribution in [1.29, 1.82) is 0 Å². The molecule has 0 spiro atoms. The summed E-state index contributed by atoms with van der Waals surface area (Å²) in [5.74, 6) is -0.602. The van der Waals surface area contributed by atoms with E-state index in [2.05, 4.69) is 0 Å². The molecule has 2 rings (SSSR count). The van der Waals surface area contributed by atoms with E-state index in [-0.39, 0.29) is 17.2 Å². The number of likely N-dealkylation sites (N-methyl/N-ethyl adjacent to an activating group) is 1. The molecule has 1 amide bonds. The minimum Gasteiger partial charge on any atom is -0.497 e. The third-order valence-corrected chi connectivity index (χ3v) is 3.07. The number of benzene rings is 1. The summed E-state index contributed by atoms with van der Waals surface area (Å²) in [7, 11) is 3.17. The second kappa shape index (κ2) is 5.17. The van der Waals surface area contributed by atoms with Crippen LogP contribution in [0.2, 0.25) is 0 Å². The molecule has 1 N–H and O–H groups in total. The predicted molar refractivity (Wildman–Crippen MR) is 66.6 cm³/mol. The van der Waals surface area contributed by atoms with Crippen LogP contribution in [0.3, 0.4) is 0 Å². The highest BCUT2D eigenvalue weighted by Gasteiger charge is 2.31.